The van der Waals surface area contributed by atoms with Crippen molar-refractivity contribution in [3.8, 4) is 0 Å². The summed E-state index contributed by atoms with van der Waals surface area (Å²) in [7, 11) is 0. The average Bonchev–Trinajstić information content (AvgIpc) is 2.83. The van der Waals surface area contributed by atoms with Gasteiger partial charge in [-0.1, -0.05) is 18.2 Å². The van der Waals surface area contributed by atoms with Crippen molar-refractivity contribution in [1.29, 1.82) is 0 Å². The molecule has 1 saturated carbocycles. The molecule has 0 aromatic rings. The Morgan fingerprint density at radius 2 is 2.19 bits per heavy atom. The lowest BCUT2D eigenvalue weighted by Gasteiger charge is -2.19. The molecule has 3 rings (SSSR count). The smallest absolute Gasteiger partial charge is 0.0230 e. The number of nitrogens with zero attached hydrogens (tertiary/aromatic N) is 1. The fourth-order valence-electron chi connectivity index (χ4n) is 3.57. The van der Waals surface area contributed by atoms with Gasteiger partial charge in [-0.15, -0.1) is 0 Å². The molecule has 3 aliphatic rings. The summed E-state index contributed by atoms with van der Waals surface area (Å²) in [6.07, 6.45) is 12.1. The Labute approximate surface area is 98.2 Å². The van der Waals surface area contributed by atoms with Crippen LogP contribution in [0, 0.1) is 11.8 Å². The van der Waals surface area contributed by atoms with E-state index in [0.29, 0.717) is 6.04 Å². The first kappa shape index (κ1) is 10.5. The summed E-state index contributed by atoms with van der Waals surface area (Å²) in [6, 6.07) is 0.478. The van der Waals surface area contributed by atoms with Crippen molar-refractivity contribution >= 4 is 0 Å². The largest absolute Gasteiger partial charge is 0.327 e. The molecule has 2 N–H and O–H groups in total. The predicted octanol–water partition coefficient (Wildman–Crippen LogP) is 1.93. The standard InChI is InChI=1S/C14H22N2/c15-14-7-6-12-9-16(10-13(12)14)8-11-4-2-1-3-5-11/h2,4-5,12-14H,1,3,6-10,15H2. The fraction of sp³-hybridized carbons (Fsp3) is 0.714. The van der Waals surface area contributed by atoms with Gasteiger partial charge in [-0.2, -0.15) is 0 Å². The number of rotatable bonds is 2. The van der Waals surface area contributed by atoms with Crippen LogP contribution in [0.3, 0.4) is 0 Å². The third kappa shape index (κ3) is 1.96. The average molecular weight is 218 g/mol. The van der Waals surface area contributed by atoms with Gasteiger partial charge < -0.3 is 5.73 Å². The molecule has 0 aromatic heterocycles. The molecule has 16 heavy (non-hydrogen) atoms. The highest BCUT2D eigenvalue weighted by Crippen LogP contribution is 2.37. The monoisotopic (exact) mass is 218 g/mol. The molecule has 3 atom stereocenters. The van der Waals surface area contributed by atoms with Crippen LogP contribution in [0.1, 0.15) is 25.7 Å². The van der Waals surface area contributed by atoms with E-state index in [1.165, 1.54) is 44.3 Å². The number of nitrogens with two attached hydrogens (primary N) is 1. The molecule has 2 aliphatic carbocycles. The molecule has 2 nitrogen and oxygen atoms in total. The predicted molar refractivity (Wildman–Crippen MR) is 67.1 cm³/mol. The summed E-state index contributed by atoms with van der Waals surface area (Å²) in [6.45, 7) is 3.66. The Balaban J connectivity index is 1.58. The second kappa shape index (κ2) is 4.34. The third-order valence-corrected chi connectivity index (χ3v) is 4.47. The first-order valence-electron chi connectivity index (χ1n) is 6.66. The molecule has 0 aromatic carbocycles. The maximum Gasteiger partial charge on any atom is 0.0230 e. The lowest BCUT2D eigenvalue weighted by atomic mass is 9.98. The molecular formula is C14H22N2. The van der Waals surface area contributed by atoms with Gasteiger partial charge in [-0.3, -0.25) is 4.90 Å². The highest BCUT2D eigenvalue weighted by atomic mass is 15.2. The van der Waals surface area contributed by atoms with Gasteiger partial charge in [0.1, 0.15) is 0 Å². The normalized spacial score (nSPS) is 38.8. The second-order valence-corrected chi connectivity index (χ2v) is 5.62. The minimum Gasteiger partial charge on any atom is -0.327 e. The van der Waals surface area contributed by atoms with E-state index in [1.807, 2.05) is 0 Å². The molecule has 2 heteroatoms. The first-order chi connectivity index (χ1) is 7.83. The number of allylic oxidation sites excluding steroid dienone is 2. The number of fused-ring (bicyclic) bond motifs is 1. The number of hydrogen-bond donors (Lipinski definition) is 1. The van der Waals surface area contributed by atoms with Crippen LogP contribution < -0.4 is 5.73 Å². The van der Waals surface area contributed by atoms with Crippen molar-refractivity contribution in [1.82, 2.24) is 4.90 Å². The van der Waals surface area contributed by atoms with Gasteiger partial charge in [0.25, 0.3) is 0 Å². The van der Waals surface area contributed by atoms with Crippen molar-refractivity contribution < 1.29 is 0 Å². The Hall–Kier alpha value is -0.600. The molecule has 1 heterocycles. The van der Waals surface area contributed by atoms with E-state index in [1.54, 1.807) is 0 Å². The van der Waals surface area contributed by atoms with E-state index in [-0.39, 0.29) is 0 Å². The highest BCUT2D eigenvalue weighted by Gasteiger charge is 2.40. The van der Waals surface area contributed by atoms with Crippen LogP contribution in [0.4, 0.5) is 0 Å². The van der Waals surface area contributed by atoms with E-state index >= 15 is 0 Å². The molecule has 0 radical (unpaired) electrons. The van der Waals surface area contributed by atoms with E-state index in [2.05, 4.69) is 23.1 Å². The van der Waals surface area contributed by atoms with Crippen LogP contribution in [0.25, 0.3) is 0 Å². The third-order valence-electron chi connectivity index (χ3n) is 4.47. The summed E-state index contributed by atoms with van der Waals surface area (Å²) in [5, 5.41) is 0. The van der Waals surface area contributed by atoms with E-state index in [0.717, 1.165) is 18.4 Å². The topological polar surface area (TPSA) is 29.3 Å². The SMILES string of the molecule is NC1CCC2CN(CC3=CCCC=C3)CC12. The van der Waals surface area contributed by atoms with Crippen molar-refractivity contribution in [2.45, 2.75) is 31.7 Å². The van der Waals surface area contributed by atoms with Crippen LogP contribution in [0.2, 0.25) is 0 Å². The van der Waals surface area contributed by atoms with Crippen LogP contribution in [-0.2, 0) is 0 Å². The van der Waals surface area contributed by atoms with E-state index in [4.69, 9.17) is 5.73 Å². The van der Waals surface area contributed by atoms with E-state index in [9.17, 15) is 0 Å². The zero-order valence-corrected chi connectivity index (χ0v) is 9.94. The highest BCUT2D eigenvalue weighted by molar-refractivity contribution is 5.24. The van der Waals surface area contributed by atoms with Gasteiger partial charge in [-0.25, -0.2) is 0 Å². The van der Waals surface area contributed by atoms with Crippen molar-refractivity contribution in [3.63, 3.8) is 0 Å². The lowest BCUT2D eigenvalue weighted by molar-refractivity contribution is 0.331. The molecule has 3 unspecified atom stereocenters. The van der Waals surface area contributed by atoms with Crippen LogP contribution in [0.15, 0.2) is 23.8 Å². The minimum atomic E-state index is 0.478. The summed E-state index contributed by atoms with van der Waals surface area (Å²) in [4.78, 5) is 2.61. The van der Waals surface area contributed by atoms with Gasteiger partial charge >= 0.3 is 0 Å². The van der Waals surface area contributed by atoms with Crippen molar-refractivity contribution in [3.05, 3.63) is 23.8 Å². The molecule has 0 amide bonds. The Bertz CT molecular complexity index is 319. The number of hydrogen-bond acceptors (Lipinski definition) is 2. The van der Waals surface area contributed by atoms with Gasteiger partial charge in [-0.05, 0) is 43.1 Å². The van der Waals surface area contributed by atoms with E-state index < -0.39 is 0 Å². The molecule has 2 fully saturated rings. The maximum absolute atomic E-state index is 6.16. The van der Waals surface area contributed by atoms with Crippen molar-refractivity contribution in [2.24, 2.45) is 17.6 Å². The molecular weight excluding hydrogens is 196 g/mol. The second-order valence-electron chi connectivity index (χ2n) is 5.62. The van der Waals surface area contributed by atoms with Crippen LogP contribution in [-0.4, -0.2) is 30.6 Å². The molecule has 88 valence electrons. The molecule has 1 saturated heterocycles. The summed E-state index contributed by atoms with van der Waals surface area (Å²) < 4.78 is 0. The quantitative estimate of drug-likeness (QED) is 0.767. The number of likely N-dealkylation sites (tertiary alicyclic amines) is 1. The first-order valence-corrected chi connectivity index (χ1v) is 6.66. The Kier molecular flexibility index (Phi) is 2.86. The molecule has 0 spiro atoms. The van der Waals surface area contributed by atoms with Crippen molar-refractivity contribution in [2.75, 3.05) is 19.6 Å². The van der Waals surface area contributed by atoms with Crippen LogP contribution in [0.5, 0.6) is 0 Å². The maximum atomic E-state index is 6.16. The molecule has 1 aliphatic heterocycles. The Morgan fingerprint density at radius 1 is 1.25 bits per heavy atom. The lowest BCUT2D eigenvalue weighted by Crippen LogP contribution is -2.31. The van der Waals surface area contributed by atoms with Gasteiger partial charge in [0.2, 0.25) is 0 Å². The summed E-state index contributed by atoms with van der Waals surface area (Å²) >= 11 is 0. The minimum absolute atomic E-state index is 0.478. The Morgan fingerprint density at radius 3 is 2.94 bits per heavy atom. The van der Waals surface area contributed by atoms with Gasteiger partial charge in [0.15, 0.2) is 0 Å². The zero-order chi connectivity index (χ0) is 11.0. The van der Waals surface area contributed by atoms with Gasteiger partial charge in [0, 0.05) is 25.7 Å². The zero-order valence-electron chi connectivity index (χ0n) is 9.94. The van der Waals surface area contributed by atoms with Crippen LogP contribution >= 0.6 is 0 Å². The summed E-state index contributed by atoms with van der Waals surface area (Å²) in [5.74, 6) is 1.68. The molecule has 0 bridgehead atoms. The fourth-order valence-corrected chi connectivity index (χ4v) is 3.57. The van der Waals surface area contributed by atoms with Gasteiger partial charge in [0.05, 0.1) is 0 Å². The summed E-state index contributed by atoms with van der Waals surface area (Å²) in [5.41, 5.74) is 7.67.